The molecule has 2 heteroatoms. The standard InChI is InChI=1S/C18H34N2/c1-8-14(3)19-13-18(7)11-16(20-15(4)9-2)10-17(5,6)12-18/h16H,8-13H2,1-7H3. The molecular formula is C18H34N2. The second kappa shape index (κ2) is 6.87. The lowest BCUT2D eigenvalue weighted by atomic mass is 9.62. The smallest absolute Gasteiger partial charge is 0.0509 e. The number of hydrogen-bond donors (Lipinski definition) is 0. The van der Waals surface area contributed by atoms with E-state index < -0.39 is 0 Å². The van der Waals surface area contributed by atoms with E-state index in [1.165, 1.54) is 30.7 Å². The Labute approximate surface area is 126 Å². The fraction of sp³-hybridized carbons (Fsp3) is 0.889. The van der Waals surface area contributed by atoms with Crippen LogP contribution >= 0.6 is 0 Å². The molecule has 116 valence electrons. The van der Waals surface area contributed by atoms with Crippen LogP contribution in [0.15, 0.2) is 9.98 Å². The Hall–Kier alpha value is -0.660. The highest BCUT2D eigenvalue weighted by Gasteiger charge is 2.41. The molecule has 2 nitrogen and oxygen atoms in total. The Balaban J connectivity index is 2.86. The summed E-state index contributed by atoms with van der Waals surface area (Å²) in [7, 11) is 0. The summed E-state index contributed by atoms with van der Waals surface area (Å²) in [4.78, 5) is 9.77. The molecule has 0 radical (unpaired) electrons. The van der Waals surface area contributed by atoms with E-state index in [-0.39, 0.29) is 0 Å². The molecule has 0 N–H and O–H groups in total. The lowest BCUT2D eigenvalue weighted by Crippen LogP contribution is -2.39. The van der Waals surface area contributed by atoms with E-state index in [1.807, 2.05) is 0 Å². The molecule has 0 aromatic rings. The highest BCUT2D eigenvalue weighted by Crippen LogP contribution is 2.47. The van der Waals surface area contributed by atoms with E-state index in [0.29, 0.717) is 16.9 Å². The van der Waals surface area contributed by atoms with Crippen molar-refractivity contribution in [3.05, 3.63) is 0 Å². The van der Waals surface area contributed by atoms with Crippen LogP contribution < -0.4 is 0 Å². The van der Waals surface area contributed by atoms with Gasteiger partial charge in [-0.25, -0.2) is 0 Å². The Kier molecular flexibility index (Phi) is 5.97. The van der Waals surface area contributed by atoms with Crippen molar-refractivity contribution >= 4 is 11.4 Å². The van der Waals surface area contributed by atoms with Crippen LogP contribution in [0.1, 0.15) is 80.6 Å². The highest BCUT2D eigenvalue weighted by molar-refractivity contribution is 5.82. The van der Waals surface area contributed by atoms with E-state index >= 15 is 0 Å². The van der Waals surface area contributed by atoms with Crippen LogP contribution in [-0.4, -0.2) is 24.0 Å². The third-order valence-electron chi connectivity index (χ3n) is 4.58. The van der Waals surface area contributed by atoms with E-state index in [0.717, 1.165) is 19.4 Å². The van der Waals surface area contributed by atoms with Gasteiger partial charge in [0.2, 0.25) is 0 Å². The molecule has 0 aliphatic heterocycles. The highest BCUT2D eigenvalue weighted by atomic mass is 14.8. The third-order valence-corrected chi connectivity index (χ3v) is 4.58. The van der Waals surface area contributed by atoms with Gasteiger partial charge in [0.1, 0.15) is 0 Å². The van der Waals surface area contributed by atoms with Gasteiger partial charge in [0.05, 0.1) is 6.04 Å². The van der Waals surface area contributed by atoms with Gasteiger partial charge in [-0.15, -0.1) is 0 Å². The molecule has 0 aromatic heterocycles. The molecule has 0 saturated heterocycles. The molecule has 1 saturated carbocycles. The summed E-state index contributed by atoms with van der Waals surface area (Å²) in [6, 6.07) is 0.487. The maximum atomic E-state index is 4.96. The quantitative estimate of drug-likeness (QED) is 0.609. The monoisotopic (exact) mass is 278 g/mol. The molecule has 0 heterocycles. The van der Waals surface area contributed by atoms with Crippen molar-refractivity contribution in [2.75, 3.05) is 6.54 Å². The van der Waals surface area contributed by atoms with Crippen molar-refractivity contribution < 1.29 is 0 Å². The Morgan fingerprint density at radius 2 is 1.60 bits per heavy atom. The lowest BCUT2D eigenvalue weighted by molar-refractivity contribution is 0.0914. The normalized spacial score (nSPS) is 31.4. The van der Waals surface area contributed by atoms with Gasteiger partial charge >= 0.3 is 0 Å². The van der Waals surface area contributed by atoms with Gasteiger partial charge in [0.15, 0.2) is 0 Å². The maximum Gasteiger partial charge on any atom is 0.0509 e. The summed E-state index contributed by atoms with van der Waals surface area (Å²) < 4.78 is 0. The first-order valence-corrected chi connectivity index (χ1v) is 8.23. The molecule has 1 aliphatic rings. The van der Waals surface area contributed by atoms with Crippen molar-refractivity contribution in [2.24, 2.45) is 20.8 Å². The van der Waals surface area contributed by atoms with E-state index in [9.17, 15) is 0 Å². The van der Waals surface area contributed by atoms with Gasteiger partial charge in [0, 0.05) is 18.0 Å². The Bertz CT molecular complexity index is 379. The average molecular weight is 278 g/mol. The van der Waals surface area contributed by atoms with E-state index in [2.05, 4.69) is 48.5 Å². The largest absolute Gasteiger partial charge is 0.294 e. The van der Waals surface area contributed by atoms with Crippen molar-refractivity contribution in [3.63, 3.8) is 0 Å². The van der Waals surface area contributed by atoms with Crippen LogP contribution in [0.2, 0.25) is 0 Å². The molecule has 0 bridgehead atoms. The fourth-order valence-electron chi connectivity index (χ4n) is 3.63. The maximum absolute atomic E-state index is 4.96. The molecule has 0 aromatic carbocycles. The zero-order valence-electron chi connectivity index (χ0n) is 14.7. The summed E-state index contributed by atoms with van der Waals surface area (Å²) in [5.41, 5.74) is 3.26. The molecular weight excluding hydrogens is 244 g/mol. The van der Waals surface area contributed by atoms with Gasteiger partial charge in [-0.05, 0) is 56.8 Å². The van der Waals surface area contributed by atoms with Crippen LogP contribution in [0.4, 0.5) is 0 Å². The van der Waals surface area contributed by atoms with Gasteiger partial charge in [0.25, 0.3) is 0 Å². The average Bonchev–Trinajstić information content (AvgIpc) is 2.33. The SMILES string of the molecule is CCC(C)=NCC1(C)CC(N=C(C)CC)CC(C)(C)C1. The lowest BCUT2D eigenvalue weighted by Gasteiger charge is -2.45. The summed E-state index contributed by atoms with van der Waals surface area (Å²) in [6.45, 7) is 16.9. The minimum absolute atomic E-state index is 0.306. The van der Waals surface area contributed by atoms with Crippen LogP contribution in [-0.2, 0) is 0 Å². The molecule has 1 aliphatic carbocycles. The van der Waals surface area contributed by atoms with Crippen LogP contribution in [0.25, 0.3) is 0 Å². The number of aliphatic imine (C=N–C) groups is 2. The molecule has 0 spiro atoms. The first-order valence-electron chi connectivity index (χ1n) is 8.23. The van der Waals surface area contributed by atoms with Gasteiger partial charge in [-0.2, -0.15) is 0 Å². The molecule has 2 atom stereocenters. The zero-order chi connectivity index (χ0) is 15.4. The molecule has 2 unspecified atom stereocenters. The predicted octanol–water partition coefficient (Wildman–Crippen LogP) is 5.31. The molecule has 0 amide bonds. The zero-order valence-corrected chi connectivity index (χ0v) is 14.7. The topological polar surface area (TPSA) is 24.7 Å². The third kappa shape index (κ3) is 5.38. The van der Waals surface area contributed by atoms with Crippen molar-refractivity contribution in [2.45, 2.75) is 86.6 Å². The van der Waals surface area contributed by atoms with E-state index in [1.54, 1.807) is 0 Å². The fourth-order valence-corrected chi connectivity index (χ4v) is 3.63. The van der Waals surface area contributed by atoms with Gasteiger partial charge < -0.3 is 0 Å². The molecule has 1 fully saturated rings. The second-order valence-electron chi connectivity index (χ2n) is 7.84. The van der Waals surface area contributed by atoms with Crippen molar-refractivity contribution in [3.8, 4) is 0 Å². The number of rotatable bonds is 5. The van der Waals surface area contributed by atoms with Gasteiger partial charge in [-0.1, -0.05) is 34.6 Å². The van der Waals surface area contributed by atoms with Crippen LogP contribution in [0.5, 0.6) is 0 Å². The minimum atomic E-state index is 0.306. The second-order valence-corrected chi connectivity index (χ2v) is 7.84. The summed E-state index contributed by atoms with van der Waals surface area (Å²) in [6.07, 6.45) is 5.80. The van der Waals surface area contributed by atoms with Crippen molar-refractivity contribution in [1.82, 2.24) is 0 Å². The first-order chi connectivity index (χ1) is 9.19. The van der Waals surface area contributed by atoms with E-state index in [4.69, 9.17) is 9.98 Å². The summed E-state index contributed by atoms with van der Waals surface area (Å²) in [5.74, 6) is 0. The minimum Gasteiger partial charge on any atom is -0.294 e. The van der Waals surface area contributed by atoms with Crippen LogP contribution in [0.3, 0.4) is 0 Å². The number of hydrogen-bond acceptors (Lipinski definition) is 2. The Morgan fingerprint density at radius 1 is 1.00 bits per heavy atom. The van der Waals surface area contributed by atoms with Gasteiger partial charge in [-0.3, -0.25) is 9.98 Å². The van der Waals surface area contributed by atoms with Crippen LogP contribution in [0, 0.1) is 10.8 Å². The first kappa shape index (κ1) is 17.4. The Morgan fingerprint density at radius 3 is 2.15 bits per heavy atom. The number of nitrogens with zero attached hydrogens (tertiary/aromatic N) is 2. The summed E-state index contributed by atoms with van der Waals surface area (Å²) >= 11 is 0. The van der Waals surface area contributed by atoms with Crippen molar-refractivity contribution in [1.29, 1.82) is 0 Å². The molecule has 1 rings (SSSR count). The predicted molar refractivity (Wildman–Crippen MR) is 91.2 cm³/mol. The molecule has 20 heavy (non-hydrogen) atoms. The summed E-state index contributed by atoms with van der Waals surface area (Å²) in [5, 5.41) is 0.